The largest absolute Gasteiger partial charge is 0.444 e. The molecule has 2 fully saturated rings. The van der Waals surface area contributed by atoms with Gasteiger partial charge in [0.05, 0.1) is 12.1 Å². The van der Waals surface area contributed by atoms with Crippen molar-refractivity contribution in [3.8, 4) is 0 Å². The van der Waals surface area contributed by atoms with E-state index >= 15 is 0 Å². The second kappa shape index (κ2) is 11.0. The molecule has 29 heavy (non-hydrogen) atoms. The van der Waals surface area contributed by atoms with Crippen LogP contribution in [-0.2, 0) is 4.74 Å². The maximum absolute atomic E-state index is 12.6. The third kappa shape index (κ3) is 7.45. The number of carbonyl (C=O) groups excluding carboxylic acids is 1. The summed E-state index contributed by atoms with van der Waals surface area (Å²) in [5.41, 5.74) is -1.21. The summed E-state index contributed by atoms with van der Waals surface area (Å²) in [4.78, 5) is 19.2. The number of aliphatic hydroxyl groups is 1. The van der Waals surface area contributed by atoms with Gasteiger partial charge in [0.15, 0.2) is 5.96 Å². The lowest BCUT2D eigenvalue weighted by atomic mass is 9.97. The number of aliphatic imine (C=N–C) groups is 1. The van der Waals surface area contributed by atoms with E-state index in [4.69, 9.17) is 4.74 Å². The summed E-state index contributed by atoms with van der Waals surface area (Å²) in [5, 5.41) is 17.3. The average molecular weight is 524 g/mol. The van der Waals surface area contributed by atoms with Gasteiger partial charge in [-0.2, -0.15) is 0 Å². The number of halogens is 1. The minimum absolute atomic E-state index is 0. The fourth-order valence-corrected chi connectivity index (χ4v) is 4.12. The Morgan fingerprint density at radius 3 is 2.14 bits per heavy atom. The Bertz CT molecular complexity index is 547. The molecule has 3 N–H and O–H groups in total. The first-order chi connectivity index (χ1) is 13.1. The Balaban J connectivity index is 0.00000420. The summed E-state index contributed by atoms with van der Waals surface area (Å²) in [7, 11) is 0. The number of hydrogen-bond acceptors (Lipinski definition) is 4. The molecule has 2 aliphatic rings. The first-order valence-corrected chi connectivity index (χ1v) is 10.9. The third-order valence-corrected chi connectivity index (χ3v) is 5.87. The molecule has 0 saturated carbocycles. The van der Waals surface area contributed by atoms with Crippen LogP contribution in [0.5, 0.6) is 0 Å². The number of nitrogens with zero attached hydrogens (tertiary/aromatic N) is 2. The number of hydrogen-bond donors (Lipinski definition) is 3. The second-order valence-electron chi connectivity index (χ2n) is 9.21. The maximum Gasteiger partial charge on any atom is 0.410 e. The van der Waals surface area contributed by atoms with Crippen LogP contribution in [0.2, 0.25) is 0 Å². The maximum atomic E-state index is 12.6. The van der Waals surface area contributed by atoms with Gasteiger partial charge in [-0.25, -0.2) is 4.79 Å². The summed E-state index contributed by atoms with van der Waals surface area (Å²) < 4.78 is 5.62. The van der Waals surface area contributed by atoms with Crippen LogP contribution in [0.25, 0.3) is 0 Å². The van der Waals surface area contributed by atoms with Gasteiger partial charge in [0.1, 0.15) is 5.60 Å². The van der Waals surface area contributed by atoms with E-state index in [1.54, 1.807) is 0 Å². The van der Waals surface area contributed by atoms with Gasteiger partial charge in [0.25, 0.3) is 0 Å². The zero-order valence-electron chi connectivity index (χ0n) is 19.0. The minimum atomic E-state index is -0.749. The standard InChI is InChI=1S/C21H40N4O3.HI/c1-7-21(27,8-2)14-23-18(22-9-3)24-15-12-16-10-11-17(13-15)25(16)19(26)28-20(4,5)6;/h15-17,27H,7-14H2,1-6H3,(H2,22,23,24);1H. The van der Waals surface area contributed by atoms with Crippen molar-refractivity contribution in [2.75, 3.05) is 13.1 Å². The van der Waals surface area contributed by atoms with E-state index in [1.165, 1.54) is 0 Å². The summed E-state index contributed by atoms with van der Waals surface area (Å²) in [5.74, 6) is 0.748. The Hall–Kier alpha value is -0.770. The van der Waals surface area contributed by atoms with E-state index in [0.717, 1.165) is 38.2 Å². The minimum Gasteiger partial charge on any atom is -0.444 e. The smallest absolute Gasteiger partial charge is 0.410 e. The van der Waals surface area contributed by atoms with Crippen molar-refractivity contribution in [2.45, 2.75) is 109 Å². The van der Waals surface area contributed by atoms with Crippen LogP contribution >= 0.6 is 24.0 Å². The highest BCUT2D eigenvalue weighted by atomic mass is 127. The van der Waals surface area contributed by atoms with Crippen molar-refractivity contribution in [1.29, 1.82) is 0 Å². The van der Waals surface area contributed by atoms with E-state index in [2.05, 4.69) is 15.6 Å². The highest BCUT2D eigenvalue weighted by molar-refractivity contribution is 14.0. The van der Waals surface area contributed by atoms with E-state index in [0.29, 0.717) is 19.4 Å². The van der Waals surface area contributed by atoms with Gasteiger partial charge < -0.3 is 25.4 Å². The summed E-state index contributed by atoms with van der Waals surface area (Å²) >= 11 is 0. The van der Waals surface area contributed by atoms with E-state index in [9.17, 15) is 9.90 Å². The number of nitrogens with one attached hydrogen (secondary N) is 2. The number of guanidine groups is 1. The zero-order valence-corrected chi connectivity index (χ0v) is 21.3. The molecule has 7 nitrogen and oxygen atoms in total. The van der Waals surface area contributed by atoms with Crippen LogP contribution in [0.1, 0.15) is 80.1 Å². The predicted molar refractivity (Wildman–Crippen MR) is 128 cm³/mol. The summed E-state index contributed by atoms with van der Waals surface area (Å²) in [6, 6.07) is 0.708. The Morgan fingerprint density at radius 1 is 1.14 bits per heavy atom. The van der Waals surface area contributed by atoms with Crippen LogP contribution in [0.15, 0.2) is 4.99 Å². The van der Waals surface area contributed by atoms with E-state index in [1.807, 2.05) is 46.4 Å². The first kappa shape index (κ1) is 26.3. The monoisotopic (exact) mass is 524 g/mol. The molecule has 0 aromatic heterocycles. The van der Waals surface area contributed by atoms with Gasteiger partial charge in [-0.15, -0.1) is 24.0 Å². The van der Waals surface area contributed by atoms with Crippen molar-refractivity contribution in [2.24, 2.45) is 4.99 Å². The number of rotatable bonds is 6. The fraction of sp³-hybridized carbons (Fsp3) is 0.905. The molecule has 170 valence electrons. The average Bonchev–Trinajstić information content (AvgIpc) is 2.89. The molecule has 8 heteroatoms. The highest BCUT2D eigenvalue weighted by Crippen LogP contribution is 2.36. The van der Waals surface area contributed by atoms with Crippen LogP contribution in [0, 0.1) is 0 Å². The molecule has 2 heterocycles. The Morgan fingerprint density at radius 2 is 1.69 bits per heavy atom. The Kier molecular flexibility index (Phi) is 9.98. The lowest BCUT2D eigenvalue weighted by molar-refractivity contribution is 0.00539. The van der Waals surface area contributed by atoms with Crippen molar-refractivity contribution < 1.29 is 14.6 Å². The second-order valence-corrected chi connectivity index (χ2v) is 9.21. The van der Waals surface area contributed by atoms with Crippen molar-refractivity contribution in [3.63, 3.8) is 0 Å². The quantitative estimate of drug-likeness (QED) is 0.281. The van der Waals surface area contributed by atoms with Crippen molar-refractivity contribution in [1.82, 2.24) is 15.5 Å². The molecule has 0 aromatic carbocycles. The molecule has 0 spiro atoms. The van der Waals surface area contributed by atoms with Gasteiger partial charge >= 0.3 is 6.09 Å². The van der Waals surface area contributed by atoms with Crippen molar-refractivity contribution >= 4 is 36.0 Å². The van der Waals surface area contributed by atoms with Crippen LogP contribution in [0.3, 0.4) is 0 Å². The van der Waals surface area contributed by atoms with Crippen LogP contribution in [-0.4, -0.2) is 64.5 Å². The highest BCUT2D eigenvalue weighted by Gasteiger charge is 2.45. The number of piperidine rings is 1. The predicted octanol–water partition coefficient (Wildman–Crippen LogP) is 3.64. The third-order valence-electron chi connectivity index (χ3n) is 5.87. The number of fused-ring (bicyclic) bond motifs is 2. The molecular weight excluding hydrogens is 483 g/mol. The summed E-state index contributed by atoms with van der Waals surface area (Å²) in [6.45, 7) is 12.9. The number of ether oxygens (including phenoxy) is 1. The normalized spacial score (nSPS) is 24.7. The topological polar surface area (TPSA) is 86.2 Å². The number of carbonyl (C=O) groups is 1. The molecule has 2 saturated heterocycles. The number of amides is 1. The molecule has 2 unspecified atom stereocenters. The van der Waals surface area contributed by atoms with E-state index in [-0.39, 0.29) is 48.2 Å². The molecule has 2 atom stereocenters. The lowest BCUT2D eigenvalue weighted by Gasteiger charge is -2.40. The zero-order chi connectivity index (χ0) is 20.9. The van der Waals surface area contributed by atoms with Crippen LogP contribution in [0.4, 0.5) is 4.79 Å². The molecule has 0 aromatic rings. The SMILES string of the molecule is CCNC(=NCC(O)(CC)CC)NC1CC2CCC(C1)N2C(=O)OC(C)(C)C.I. The Labute approximate surface area is 193 Å². The first-order valence-electron chi connectivity index (χ1n) is 10.9. The molecule has 0 radical (unpaired) electrons. The lowest BCUT2D eigenvalue weighted by Crippen LogP contribution is -2.55. The van der Waals surface area contributed by atoms with Crippen LogP contribution < -0.4 is 10.6 Å². The molecule has 2 aliphatic heterocycles. The van der Waals surface area contributed by atoms with E-state index < -0.39 is 11.2 Å². The molecule has 2 bridgehead atoms. The molecular formula is C21H41IN4O3. The summed E-state index contributed by atoms with van der Waals surface area (Å²) in [6.07, 6.45) is 5.03. The molecule has 1 amide bonds. The fourth-order valence-electron chi connectivity index (χ4n) is 4.12. The van der Waals surface area contributed by atoms with Gasteiger partial charge in [0.2, 0.25) is 0 Å². The van der Waals surface area contributed by atoms with Gasteiger partial charge in [-0.1, -0.05) is 13.8 Å². The van der Waals surface area contributed by atoms with Gasteiger partial charge in [-0.05, 0) is 66.2 Å². The molecule has 0 aliphatic carbocycles. The van der Waals surface area contributed by atoms with Crippen molar-refractivity contribution in [3.05, 3.63) is 0 Å². The van der Waals surface area contributed by atoms with Gasteiger partial charge in [0, 0.05) is 24.7 Å². The molecule has 2 rings (SSSR count). The van der Waals surface area contributed by atoms with Gasteiger partial charge in [-0.3, -0.25) is 4.99 Å².